The third-order valence-electron chi connectivity index (χ3n) is 5.29. The van der Waals surface area contributed by atoms with Gasteiger partial charge in [-0.3, -0.25) is 14.9 Å². The molecule has 0 saturated carbocycles. The highest BCUT2D eigenvalue weighted by molar-refractivity contribution is 9.10. The summed E-state index contributed by atoms with van der Waals surface area (Å²) in [5.74, 6) is -0.632. The Morgan fingerprint density at radius 2 is 1.97 bits per heavy atom. The normalized spacial score (nSPS) is 14.9. The van der Waals surface area contributed by atoms with E-state index in [-0.39, 0.29) is 24.7 Å². The van der Waals surface area contributed by atoms with E-state index in [1.807, 2.05) is 0 Å². The summed E-state index contributed by atoms with van der Waals surface area (Å²) in [6, 6.07) is 9.10. The Balaban J connectivity index is 1.72. The molecule has 0 aliphatic carbocycles. The molecule has 0 fully saturated rings. The molecule has 0 aromatic heterocycles. The van der Waals surface area contributed by atoms with Gasteiger partial charge in [-0.15, -0.1) is 0 Å². The number of halogens is 1. The second-order valence-corrected chi connectivity index (χ2v) is 9.21. The zero-order valence-corrected chi connectivity index (χ0v) is 23.7. The van der Waals surface area contributed by atoms with Crippen molar-refractivity contribution in [1.29, 1.82) is 0 Å². The van der Waals surface area contributed by atoms with Crippen molar-refractivity contribution in [2.45, 2.75) is 26.8 Å². The summed E-state index contributed by atoms with van der Waals surface area (Å²) in [4.78, 5) is 35.9. The minimum absolute atomic E-state index is 0.107. The van der Waals surface area contributed by atoms with Gasteiger partial charge in [-0.1, -0.05) is 18.2 Å². The van der Waals surface area contributed by atoms with Crippen LogP contribution in [0.2, 0.25) is 0 Å². The van der Waals surface area contributed by atoms with Gasteiger partial charge in [0.15, 0.2) is 11.7 Å². The van der Waals surface area contributed by atoms with Gasteiger partial charge >= 0.3 is 11.7 Å². The lowest BCUT2D eigenvalue weighted by Gasteiger charge is -2.30. The molecule has 0 spiro atoms. The molecule has 1 heterocycles. The average molecular weight is 620 g/mol. The maximum Gasteiger partial charge on any atom is 0.338 e. The molecule has 14 heteroatoms. The second kappa shape index (κ2) is 13.7. The summed E-state index contributed by atoms with van der Waals surface area (Å²) >= 11 is 8.54. The number of nitrogens with one attached hydrogen (secondary N) is 3. The molecular weight excluding hydrogens is 594 g/mol. The van der Waals surface area contributed by atoms with Crippen LogP contribution in [0.15, 0.2) is 57.2 Å². The van der Waals surface area contributed by atoms with E-state index in [2.05, 4.69) is 37.1 Å². The third kappa shape index (κ3) is 7.51. The van der Waals surface area contributed by atoms with Crippen LogP contribution in [0.5, 0.6) is 11.5 Å². The van der Waals surface area contributed by atoms with E-state index in [0.717, 1.165) is 0 Å². The van der Waals surface area contributed by atoms with Crippen molar-refractivity contribution in [2.24, 2.45) is 5.10 Å². The standard InChI is InChI=1S/C25H26BrN5O7S/c1-4-36-23-17(26)10-15(11-18(23)31(34)35)12-27-30-20(32)13-38-19-9-7-6-8-16(19)22-21(24(33)37-5-2)14(3)28-25(39)29-22/h6-12,22H,4-5,13H2,1-3H3,(H,30,32)(H2,28,29,39)/t22-/m1/s1. The molecule has 1 atom stereocenters. The van der Waals surface area contributed by atoms with E-state index < -0.39 is 29.4 Å². The fourth-order valence-corrected chi connectivity index (χ4v) is 4.56. The lowest BCUT2D eigenvalue weighted by atomic mass is 9.95. The maximum absolute atomic E-state index is 12.7. The quantitative estimate of drug-likeness (QED) is 0.112. The van der Waals surface area contributed by atoms with Gasteiger partial charge in [-0.2, -0.15) is 5.10 Å². The Morgan fingerprint density at radius 3 is 2.67 bits per heavy atom. The van der Waals surface area contributed by atoms with Gasteiger partial charge in [0.2, 0.25) is 5.75 Å². The van der Waals surface area contributed by atoms with Crippen molar-refractivity contribution in [1.82, 2.24) is 16.1 Å². The van der Waals surface area contributed by atoms with Gasteiger partial charge in [0.1, 0.15) is 5.75 Å². The molecule has 1 aliphatic heterocycles. The zero-order valence-electron chi connectivity index (χ0n) is 21.3. The summed E-state index contributed by atoms with van der Waals surface area (Å²) in [5, 5.41) is 21.6. The van der Waals surface area contributed by atoms with E-state index in [1.165, 1.54) is 12.3 Å². The fourth-order valence-electron chi connectivity index (χ4n) is 3.71. The van der Waals surface area contributed by atoms with E-state index in [4.69, 9.17) is 26.4 Å². The predicted octanol–water partition coefficient (Wildman–Crippen LogP) is 3.64. The van der Waals surface area contributed by atoms with Crippen molar-refractivity contribution in [3.05, 3.63) is 73.4 Å². The molecule has 2 aromatic rings. The molecule has 0 radical (unpaired) electrons. The SMILES string of the molecule is CCOC(=O)C1=C(C)NC(=S)N[C@@H]1c1ccccc1OCC(=O)NN=Cc1cc(Br)c(OCC)c([N+](=O)[O-])c1. The maximum atomic E-state index is 12.7. The van der Waals surface area contributed by atoms with E-state index in [1.54, 1.807) is 51.1 Å². The fraction of sp³-hybridized carbons (Fsp3) is 0.280. The molecule has 3 rings (SSSR count). The first kappa shape index (κ1) is 29.5. The largest absolute Gasteiger partial charge is 0.486 e. The van der Waals surface area contributed by atoms with Crippen LogP contribution < -0.4 is 25.5 Å². The number of carbonyl (C=O) groups is 2. The summed E-state index contributed by atoms with van der Waals surface area (Å²) in [7, 11) is 0. The highest BCUT2D eigenvalue weighted by Gasteiger charge is 2.32. The van der Waals surface area contributed by atoms with Gasteiger partial charge in [0.25, 0.3) is 5.91 Å². The van der Waals surface area contributed by atoms with Crippen LogP contribution in [0.4, 0.5) is 5.69 Å². The molecule has 2 aromatic carbocycles. The number of allylic oxidation sites excluding steroid dienone is 1. The summed E-state index contributed by atoms with van der Waals surface area (Å²) in [6.45, 7) is 5.22. The minimum atomic E-state index is -0.663. The molecule has 1 amide bonds. The van der Waals surface area contributed by atoms with Crippen LogP contribution in [0.25, 0.3) is 0 Å². The molecule has 0 unspecified atom stereocenters. The van der Waals surface area contributed by atoms with Crippen LogP contribution in [-0.4, -0.2) is 47.9 Å². The number of carbonyl (C=O) groups excluding carboxylic acids is 2. The first-order valence-electron chi connectivity index (χ1n) is 11.8. The first-order valence-corrected chi connectivity index (χ1v) is 13.0. The van der Waals surface area contributed by atoms with Gasteiger partial charge < -0.3 is 24.8 Å². The first-order chi connectivity index (χ1) is 18.7. The average Bonchev–Trinajstić information content (AvgIpc) is 2.88. The number of hydrogen-bond acceptors (Lipinski definition) is 9. The van der Waals surface area contributed by atoms with Crippen LogP contribution in [-0.2, 0) is 14.3 Å². The van der Waals surface area contributed by atoms with Gasteiger partial charge in [0, 0.05) is 22.9 Å². The Bertz CT molecular complexity index is 1350. The van der Waals surface area contributed by atoms with E-state index in [9.17, 15) is 19.7 Å². The van der Waals surface area contributed by atoms with Crippen molar-refractivity contribution < 1.29 is 28.7 Å². The Labute approximate surface area is 238 Å². The van der Waals surface area contributed by atoms with Crippen molar-refractivity contribution in [3.63, 3.8) is 0 Å². The summed E-state index contributed by atoms with van der Waals surface area (Å²) in [5.41, 5.74) is 3.91. The Kier molecular flexibility index (Phi) is 10.3. The number of nitro benzene ring substituents is 1. The lowest BCUT2D eigenvalue weighted by Crippen LogP contribution is -2.45. The molecule has 0 bridgehead atoms. The number of benzene rings is 2. The molecule has 1 aliphatic rings. The number of nitrogens with zero attached hydrogens (tertiary/aromatic N) is 2. The number of nitro groups is 1. The van der Waals surface area contributed by atoms with Gasteiger partial charge in [-0.05, 0) is 61.1 Å². The monoisotopic (exact) mass is 619 g/mol. The smallest absolute Gasteiger partial charge is 0.338 e. The molecular formula is C25H26BrN5O7S. The third-order valence-corrected chi connectivity index (χ3v) is 6.10. The van der Waals surface area contributed by atoms with Crippen LogP contribution in [0.1, 0.15) is 37.9 Å². The summed E-state index contributed by atoms with van der Waals surface area (Å²) < 4.78 is 16.7. The Hall–Kier alpha value is -4.04. The lowest BCUT2D eigenvalue weighted by molar-refractivity contribution is -0.385. The highest BCUT2D eigenvalue weighted by Crippen LogP contribution is 2.36. The van der Waals surface area contributed by atoms with Crippen LogP contribution in [0.3, 0.4) is 0 Å². The van der Waals surface area contributed by atoms with Crippen molar-refractivity contribution in [2.75, 3.05) is 19.8 Å². The van der Waals surface area contributed by atoms with Crippen molar-refractivity contribution in [3.8, 4) is 11.5 Å². The van der Waals surface area contributed by atoms with Crippen LogP contribution in [0, 0.1) is 10.1 Å². The number of thiocarbonyl (C=S) groups is 1. The van der Waals surface area contributed by atoms with E-state index in [0.29, 0.717) is 37.7 Å². The number of hydrazone groups is 1. The number of rotatable bonds is 11. The molecule has 0 saturated heterocycles. The number of para-hydroxylation sites is 1. The number of hydrogen-bond donors (Lipinski definition) is 3. The number of esters is 1. The van der Waals surface area contributed by atoms with Gasteiger partial charge in [-0.25, -0.2) is 10.2 Å². The minimum Gasteiger partial charge on any atom is -0.486 e. The predicted molar refractivity (Wildman–Crippen MR) is 151 cm³/mol. The Morgan fingerprint density at radius 1 is 1.23 bits per heavy atom. The molecule has 12 nitrogen and oxygen atoms in total. The topological polar surface area (TPSA) is 153 Å². The second-order valence-electron chi connectivity index (χ2n) is 7.95. The highest BCUT2D eigenvalue weighted by atomic mass is 79.9. The van der Waals surface area contributed by atoms with Crippen molar-refractivity contribution >= 4 is 57.0 Å². The summed E-state index contributed by atoms with van der Waals surface area (Å²) in [6.07, 6.45) is 1.26. The zero-order chi connectivity index (χ0) is 28.5. The van der Waals surface area contributed by atoms with Crippen LogP contribution >= 0.6 is 28.1 Å². The molecule has 206 valence electrons. The number of ether oxygens (including phenoxy) is 3. The molecule has 3 N–H and O–H groups in total. The van der Waals surface area contributed by atoms with E-state index >= 15 is 0 Å². The molecule has 39 heavy (non-hydrogen) atoms. The van der Waals surface area contributed by atoms with Gasteiger partial charge in [0.05, 0.1) is 40.4 Å². The number of amides is 1.